The number of esters is 5. The number of hydrogen-bond acceptors (Lipinski definition) is 18. The van der Waals surface area contributed by atoms with E-state index in [-0.39, 0.29) is 98.5 Å². The SMILES string of the molecule is CC(C)CCCC(C)C1CCC2C3CC=C4CC(OC(=O)CC(C(=O)O)c5cnc[nH]5)CCC4(C)C3CCC12C.CC(C)CCCC(C)C1CCC2C3CC=C4CC(OC(=O)CCC(=O)CC(Cc5cnc[nH]5)C(=O)O)CCC4(C)C3CCC12C.CCCCCCCCCCCCCCCC(=O)OCC(COC(=O)C(NC(=O)CCC(=O)O)c1cnc[nH]1)OC(=O)CCCCCCCCCCCCCCC. The first-order valence-electron chi connectivity index (χ1n) is 56.4. The van der Waals surface area contributed by atoms with E-state index in [4.69, 9.17) is 28.8 Å². The number of imidazole rings is 3. The molecule has 20 atom stereocenters. The van der Waals surface area contributed by atoms with Crippen molar-refractivity contribution in [2.75, 3.05) is 13.2 Å². The van der Waals surface area contributed by atoms with Gasteiger partial charge in [0.2, 0.25) is 5.91 Å². The first-order valence-corrected chi connectivity index (χ1v) is 56.4. The van der Waals surface area contributed by atoms with Gasteiger partial charge in [0.15, 0.2) is 12.1 Å². The van der Waals surface area contributed by atoms with E-state index in [9.17, 15) is 58.2 Å². The second-order valence-electron chi connectivity index (χ2n) is 46.3. The van der Waals surface area contributed by atoms with E-state index in [0.29, 0.717) is 35.1 Å². The molecule has 1 amide bonds. The van der Waals surface area contributed by atoms with Crippen molar-refractivity contribution in [2.45, 2.75) is 479 Å². The van der Waals surface area contributed by atoms with Crippen LogP contribution in [0.4, 0.5) is 0 Å². The van der Waals surface area contributed by atoms with E-state index in [0.717, 1.165) is 148 Å². The fourth-order valence-corrected chi connectivity index (χ4v) is 27.1. The Kier molecular flexibility index (Phi) is 49.8. The Morgan fingerprint density at radius 2 is 0.879 bits per heavy atom. The van der Waals surface area contributed by atoms with Gasteiger partial charge in [0, 0.05) is 75.1 Å². The van der Waals surface area contributed by atoms with Crippen LogP contribution in [0.25, 0.3) is 0 Å². The zero-order valence-corrected chi connectivity index (χ0v) is 89.0. The van der Waals surface area contributed by atoms with Gasteiger partial charge >= 0.3 is 47.8 Å². The fourth-order valence-electron chi connectivity index (χ4n) is 27.1. The molecule has 7 N–H and O–H groups in total. The molecular formula is C116H187N7O18. The Morgan fingerprint density at radius 1 is 0.433 bits per heavy atom. The number of carboxylic acid groups (broad SMARTS) is 3. The summed E-state index contributed by atoms with van der Waals surface area (Å²) in [4.78, 5) is 144. The number of carboxylic acids is 3. The van der Waals surface area contributed by atoms with Crippen molar-refractivity contribution < 1.29 is 86.9 Å². The van der Waals surface area contributed by atoms with Crippen LogP contribution < -0.4 is 5.32 Å². The minimum atomic E-state index is -1.29. The monoisotopic (exact) mass is 1970 g/mol. The Balaban J connectivity index is 0.000000239. The van der Waals surface area contributed by atoms with Gasteiger partial charge in [0.1, 0.15) is 37.1 Å². The molecule has 0 saturated heterocycles. The van der Waals surface area contributed by atoms with Gasteiger partial charge in [0.25, 0.3) is 0 Å². The lowest BCUT2D eigenvalue weighted by atomic mass is 9.47. The van der Waals surface area contributed by atoms with Gasteiger partial charge in [-0.3, -0.25) is 43.2 Å². The molecule has 11 rings (SSSR count). The van der Waals surface area contributed by atoms with Crippen LogP contribution in [-0.4, -0.2) is 136 Å². The zero-order valence-electron chi connectivity index (χ0n) is 89.0. The van der Waals surface area contributed by atoms with Gasteiger partial charge in [-0.1, -0.05) is 299 Å². The standard InChI is InChI=1S/C44H77N3O9.C38H58N2O5.C34H52N2O4/c1-3-5-7-9-11-13-15-17-19-21-23-25-27-29-41(51)54-34-37(56-42(52)30-28-26-24-22-20-18-16-14-12-10-8-6-4-2)35-55-44(53)43(38-33-45-36-46-38)47-39(48)31-32-40(49)50;1-24(2)7-6-8-25(3)32-12-13-33-31-11-9-27-21-30(15-17-37(27,4)34(31)16-18-38(32,33)5)45-35(42)14-10-29(41)20-26(36(43)44)19-28-22-39-23-40-28;1-21(2)7-6-8-22(3)27-11-12-28-25-10-9-23-17-24(13-15-33(23,4)29(25)14-16-34(27,28)5)40-31(37)18-26(32(38)39)30-19-35-20-36-30/h33,36-37,43H,3-32,34-35H2,1-2H3,(H,45,46)(H,47,48)(H,49,50);9,22-26,30-34H,6-8,10-21H2,1-5H3,(H,39,40)(H,43,44);9,19-22,24-29H,6-8,10-18H2,1-5H3,(H,35,36)(H,38,39). The molecule has 8 aliphatic carbocycles. The number of H-pyrrole nitrogens is 3. The molecule has 0 bridgehead atoms. The number of carbonyl (C=O) groups is 10. The second-order valence-corrected chi connectivity index (χ2v) is 46.3. The summed E-state index contributed by atoms with van der Waals surface area (Å²) in [7, 11) is 0. The second kappa shape index (κ2) is 60.2. The summed E-state index contributed by atoms with van der Waals surface area (Å²) in [6.07, 6.45) is 70.1. The van der Waals surface area contributed by atoms with E-state index in [2.05, 4.69) is 130 Å². The van der Waals surface area contributed by atoms with Crippen LogP contribution in [0.15, 0.2) is 60.9 Å². The van der Waals surface area contributed by atoms with E-state index < -0.39 is 84.7 Å². The first kappa shape index (κ1) is 117. The summed E-state index contributed by atoms with van der Waals surface area (Å²) in [6.45, 7) is 28.6. The predicted octanol–water partition coefficient (Wildman–Crippen LogP) is 26.7. The third kappa shape index (κ3) is 36.6. The number of ether oxygens (including phenoxy) is 5. The van der Waals surface area contributed by atoms with E-state index in [1.165, 1.54) is 261 Å². The van der Waals surface area contributed by atoms with Gasteiger partial charge < -0.3 is 59.3 Å². The number of allylic oxidation sites excluding steroid dienone is 2. The Labute approximate surface area is 846 Å². The Hall–Kier alpha value is -7.99. The summed E-state index contributed by atoms with van der Waals surface area (Å²) in [5, 5.41) is 30.6. The lowest BCUT2D eigenvalue weighted by Crippen LogP contribution is -2.51. The minimum absolute atomic E-state index is 0.00403. The number of nitrogens with zero attached hydrogens (tertiary/aromatic N) is 3. The lowest BCUT2D eigenvalue weighted by Gasteiger charge is -2.58. The van der Waals surface area contributed by atoms with Crippen LogP contribution >= 0.6 is 0 Å². The highest BCUT2D eigenvalue weighted by Crippen LogP contribution is 2.70. The van der Waals surface area contributed by atoms with Crippen LogP contribution in [0, 0.1) is 98.6 Å². The van der Waals surface area contributed by atoms with E-state index in [1.54, 1.807) is 6.20 Å². The molecule has 8 aliphatic rings. The third-order valence-electron chi connectivity index (χ3n) is 35.2. The maximum atomic E-state index is 13.2. The van der Waals surface area contributed by atoms with Crippen LogP contribution in [-0.2, 0) is 78.1 Å². The highest BCUT2D eigenvalue weighted by molar-refractivity contribution is 5.88. The molecule has 0 aromatic carbocycles. The average molecular weight is 1970 g/mol. The molecule has 6 fully saturated rings. The number of hydrogen-bond donors (Lipinski definition) is 7. The maximum Gasteiger partial charge on any atom is 0.335 e. The van der Waals surface area contributed by atoms with Crippen molar-refractivity contribution in [3.8, 4) is 0 Å². The van der Waals surface area contributed by atoms with Crippen molar-refractivity contribution in [1.82, 2.24) is 35.2 Å². The first-order chi connectivity index (χ1) is 67.7. The lowest BCUT2D eigenvalue weighted by molar-refractivity contribution is -0.168. The molecule has 794 valence electrons. The topological polar surface area (TPSA) is 376 Å². The molecule has 25 heteroatoms. The zero-order chi connectivity index (χ0) is 102. The van der Waals surface area contributed by atoms with E-state index >= 15 is 0 Å². The summed E-state index contributed by atoms with van der Waals surface area (Å²) in [5.41, 5.74) is 5.70. The predicted molar refractivity (Wildman–Crippen MR) is 550 cm³/mol. The smallest absolute Gasteiger partial charge is 0.335 e. The molecule has 20 unspecified atom stereocenters. The highest BCUT2D eigenvalue weighted by Gasteiger charge is 2.62. The number of rotatable bonds is 63. The van der Waals surface area contributed by atoms with Crippen molar-refractivity contribution >= 4 is 59.4 Å². The molecule has 0 radical (unpaired) electrons. The molecular weight excluding hydrogens is 1780 g/mol. The summed E-state index contributed by atoms with van der Waals surface area (Å²) in [5.74, 6) is 1.28. The number of aromatic nitrogens is 6. The summed E-state index contributed by atoms with van der Waals surface area (Å²) >= 11 is 0. The van der Waals surface area contributed by atoms with Crippen LogP contribution in [0.2, 0.25) is 0 Å². The normalized spacial score (nSPS) is 26.0. The molecule has 3 aromatic rings. The van der Waals surface area contributed by atoms with Crippen LogP contribution in [0.1, 0.15) is 472 Å². The molecule has 6 saturated carbocycles. The third-order valence-corrected chi connectivity index (χ3v) is 35.2. The highest BCUT2D eigenvalue weighted by atomic mass is 16.6. The number of amides is 1. The molecule has 0 aliphatic heterocycles. The maximum absolute atomic E-state index is 13.2. The van der Waals surface area contributed by atoms with Crippen molar-refractivity contribution in [2.24, 2.45) is 98.6 Å². The van der Waals surface area contributed by atoms with Gasteiger partial charge in [-0.2, -0.15) is 0 Å². The minimum Gasteiger partial charge on any atom is -0.481 e. The number of aromatic amines is 3. The van der Waals surface area contributed by atoms with Gasteiger partial charge in [-0.05, 0) is 195 Å². The average Bonchev–Trinajstić information content (AvgIpc) is 1.63. The number of aliphatic carboxylic acids is 3. The summed E-state index contributed by atoms with van der Waals surface area (Å²) in [6, 6.07) is -1.29. The van der Waals surface area contributed by atoms with Crippen LogP contribution in [0.3, 0.4) is 0 Å². The van der Waals surface area contributed by atoms with Crippen molar-refractivity contribution in [3.05, 3.63) is 78.0 Å². The van der Waals surface area contributed by atoms with Gasteiger partial charge in [-0.15, -0.1) is 0 Å². The number of nitrogens with one attached hydrogen (secondary N) is 4. The largest absolute Gasteiger partial charge is 0.481 e. The number of fused-ring (bicyclic) bond motifs is 10. The molecule has 3 heterocycles. The number of ketones is 1. The molecule has 141 heavy (non-hydrogen) atoms. The number of Topliss-reactive ketones (excluding diaryl/α,β-unsaturated/α-hetero) is 1. The number of unbranched alkanes of at least 4 members (excludes halogenated alkanes) is 24. The Morgan fingerprint density at radius 3 is 1.32 bits per heavy atom. The fraction of sp³-hybridized carbons (Fsp3) is 0.802. The quantitative estimate of drug-likeness (QED) is 0.0119. The number of carbonyl (C=O) groups excluding carboxylic acids is 7. The van der Waals surface area contributed by atoms with Gasteiger partial charge in [-0.25, -0.2) is 19.7 Å². The Bertz CT molecular complexity index is 4290. The molecule has 3 aromatic heterocycles. The van der Waals surface area contributed by atoms with E-state index in [1.807, 2.05) is 0 Å². The van der Waals surface area contributed by atoms with Gasteiger partial charge in [0.05, 0.1) is 56.1 Å². The molecule has 0 spiro atoms. The van der Waals surface area contributed by atoms with Crippen molar-refractivity contribution in [1.29, 1.82) is 0 Å². The van der Waals surface area contributed by atoms with Crippen molar-refractivity contribution in [3.63, 3.8) is 0 Å². The summed E-state index contributed by atoms with van der Waals surface area (Å²) < 4.78 is 28.4. The van der Waals surface area contributed by atoms with Crippen LogP contribution in [0.5, 0.6) is 0 Å². The molecule has 25 nitrogen and oxygen atoms in total.